The van der Waals surface area contributed by atoms with Gasteiger partial charge in [0.05, 0.1) is 18.7 Å². The van der Waals surface area contributed by atoms with Gasteiger partial charge in [0.15, 0.2) is 0 Å². The van der Waals surface area contributed by atoms with Crippen LogP contribution in [0.2, 0.25) is 5.02 Å². The maximum absolute atomic E-state index is 9.70. The Labute approximate surface area is 107 Å². The minimum Gasteiger partial charge on any atom is -0.495 e. The van der Waals surface area contributed by atoms with Gasteiger partial charge in [-0.1, -0.05) is 17.7 Å². The molecule has 1 unspecified atom stereocenters. The number of halogens is 1. The van der Waals surface area contributed by atoms with Crippen LogP contribution in [0.5, 0.6) is 5.75 Å². The molecular weight excluding hydrogens is 238 g/mol. The number of benzene rings is 1. The molecule has 0 saturated carbocycles. The summed E-state index contributed by atoms with van der Waals surface area (Å²) in [5, 5.41) is 13.6. The molecule has 0 amide bonds. The van der Waals surface area contributed by atoms with E-state index in [1.165, 1.54) is 0 Å². The Morgan fingerprint density at radius 1 is 1.53 bits per heavy atom. The third-order valence-electron chi connectivity index (χ3n) is 3.54. The van der Waals surface area contributed by atoms with Gasteiger partial charge in [-0.25, -0.2) is 0 Å². The van der Waals surface area contributed by atoms with Gasteiger partial charge in [-0.05, 0) is 37.1 Å². The molecule has 1 heterocycles. The average molecular weight is 256 g/mol. The van der Waals surface area contributed by atoms with Crippen LogP contribution in [0.25, 0.3) is 0 Å². The summed E-state index contributed by atoms with van der Waals surface area (Å²) in [4.78, 5) is 0. The number of hydrogen-bond acceptors (Lipinski definition) is 3. The monoisotopic (exact) mass is 255 g/mol. The summed E-state index contributed by atoms with van der Waals surface area (Å²) in [6.07, 6.45) is 2.06. The highest BCUT2D eigenvalue weighted by Gasteiger charge is 2.33. The van der Waals surface area contributed by atoms with Crippen LogP contribution >= 0.6 is 11.6 Å². The summed E-state index contributed by atoms with van der Waals surface area (Å²) >= 11 is 6.14. The maximum atomic E-state index is 9.70. The van der Waals surface area contributed by atoms with Gasteiger partial charge in [0.1, 0.15) is 5.75 Å². The van der Waals surface area contributed by atoms with Crippen molar-refractivity contribution in [1.29, 1.82) is 0 Å². The van der Waals surface area contributed by atoms with Gasteiger partial charge in [-0.3, -0.25) is 0 Å². The van der Waals surface area contributed by atoms with Crippen molar-refractivity contribution in [2.24, 2.45) is 0 Å². The summed E-state index contributed by atoms with van der Waals surface area (Å²) in [6.45, 7) is 1.96. The van der Waals surface area contributed by atoms with Gasteiger partial charge >= 0.3 is 0 Å². The van der Waals surface area contributed by atoms with Crippen LogP contribution in [-0.4, -0.2) is 31.9 Å². The predicted molar refractivity (Wildman–Crippen MR) is 68.9 cm³/mol. The lowest BCUT2D eigenvalue weighted by atomic mass is 9.75. The number of methoxy groups -OCH3 is 1. The van der Waals surface area contributed by atoms with Crippen LogP contribution in [0, 0.1) is 0 Å². The van der Waals surface area contributed by atoms with Crippen LogP contribution in [0.15, 0.2) is 18.2 Å². The van der Waals surface area contributed by atoms with Crippen molar-refractivity contribution < 1.29 is 9.84 Å². The van der Waals surface area contributed by atoms with Crippen molar-refractivity contribution in [3.63, 3.8) is 0 Å². The molecule has 2 rings (SSSR count). The Morgan fingerprint density at radius 3 is 2.88 bits per heavy atom. The molecule has 1 atom stereocenters. The first-order valence-electron chi connectivity index (χ1n) is 5.87. The smallest absolute Gasteiger partial charge is 0.137 e. The predicted octanol–water partition coefficient (Wildman–Crippen LogP) is 1.96. The topological polar surface area (TPSA) is 41.5 Å². The van der Waals surface area contributed by atoms with Gasteiger partial charge < -0.3 is 15.2 Å². The van der Waals surface area contributed by atoms with E-state index in [2.05, 4.69) is 5.32 Å². The summed E-state index contributed by atoms with van der Waals surface area (Å²) in [7, 11) is 1.60. The number of hydrogen-bond donors (Lipinski definition) is 2. The van der Waals surface area contributed by atoms with Crippen LogP contribution in [0.3, 0.4) is 0 Å². The van der Waals surface area contributed by atoms with Crippen molar-refractivity contribution >= 4 is 11.6 Å². The van der Waals surface area contributed by atoms with E-state index in [1.54, 1.807) is 7.11 Å². The fourth-order valence-electron chi connectivity index (χ4n) is 2.44. The molecule has 1 aliphatic heterocycles. The van der Waals surface area contributed by atoms with Crippen molar-refractivity contribution in [2.75, 3.05) is 26.8 Å². The molecule has 0 spiro atoms. The minimum absolute atomic E-state index is 0.142. The Balaban J connectivity index is 2.33. The lowest BCUT2D eigenvalue weighted by molar-refractivity contribution is 0.162. The van der Waals surface area contributed by atoms with Gasteiger partial charge in [0.2, 0.25) is 0 Å². The molecule has 94 valence electrons. The Kier molecular flexibility index (Phi) is 3.92. The minimum atomic E-state index is -0.200. The molecule has 0 bridgehead atoms. The lowest BCUT2D eigenvalue weighted by Gasteiger charge is -2.36. The Bertz CT molecular complexity index is 389. The van der Waals surface area contributed by atoms with Crippen LogP contribution < -0.4 is 10.1 Å². The molecule has 0 aliphatic carbocycles. The summed E-state index contributed by atoms with van der Waals surface area (Å²) in [6, 6.07) is 5.77. The summed E-state index contributed by atoms with van der Waals surface area (Å²) in [5.41, 5.74) is 0.881. The van der Waals surface area contributed by atoms with Crippen molar-refractivity contribution in [2.45, 2.75) is 18.3 Å². The first-order valence-corrected chi connectivity index (χ1v) is 6.25. The fourth-order valence-corrected chi connectivity index (χ4v) is 2.69. The van der Waals surface area contributed by atoms with E-state index in [1.807, 2.05) is 18.2 Å². The number of ether oxygens (including phenoxy) is 1. The molecule has 1 aromatic carbocycles. The molecule has 1 aliphatic rings. The van der Waals surface area contributed by atoms with Gasteiger partial charge in [-0.2, -0.15) is 0 Å². The summed E-state index contributed by atoms with van der Waals surface area (Å²) in [5.74, 6) is 0.673. The molecule has 0 radical (unpaired) electrons. The second-order valence-corrected chi connectivity index (χ2v) is 4.98. The Hall–Kier alpha value is -0.770. The van der Waals surface area contributed by atoms with Crippen molar-refractivity contribution in [3.05, 3.63) is 28.8 Å². The van der Waals surface area contributed by atoms with Crippen molar-refractivity contribution in [1.82, 2.24) is 5.32 Å². The van der Waals surface area contributed by atoms with E-state index in [4.69, 9.17) is 16.3 Å². The maximum Gasteiger partial charge on any atom is 0.137 e. The number of rotatable bonds is 3. The van der Waals surface area contributed by atoms with Crippen LogP contribution in [0.1, 0.15) is 18.4 Å². The average Bonchev–Trinajstić information content (AvgIpc) is 2.39. The molecular formula is C13H18ClNO2. The zero-order chi connectivity index (χ0) is 12.3. The molecule has 1 saturated heterocycles. The molecule has 1 aromatic rings. The fraction of sp³-hybridized carbons (Fsp3) is 0.538. The zero-order valence-electron chi connectivity index (χ0n) is 10.0. The lowest BCUT2D eigenvalue weighted by Crippen LogP contribution is -2.45. The van der Waals surface area contributed by atoms with E-state index >= 15 is 0 Å². The summed E-state index contributed by atoms with van der Waals surface area (Å²) < 4.78 is 5.14. The highest BCUT2D eigenvalue weighted by Crippen LogP contribution is 2.35. The van der Waals surface area contributed by atoms with E-state index in [9.17, 15) is 5.11 Å². The third-order valence-corrected chi connectivity index (χ3v) is 3.83. The molecule has 1 fully saturated rings. The SMILES string of the molecule is COc1ccc(C2(CO)CCCNC2)cc1Cl. The normalized spacial score (nSPS) is 24.6. The third kappa shape index (κ3) is 2.41. The largest absolute Gasteiger partial charge is 0.495 e. The van der Waals surface area contributed by atoms with Gasteiger partial charge in [-0.15, -0.1) is 0 Å². The molecule has 17 heavy (non-hydrogen) atoms. The second kappa shape index (κ2) is 5.25. The number of piperidine rings is 1. The Morgan fingerprint density at radius 2 is 2.35 bits per heavy atom. The standard InChI is InChI=1S/C13H18ClNO2/c1-17-12-4-3-10(7-11(12)14)13(9-16)5-2-6-15-8-13/h3-4,7,15-16H,2,5-6,8-9H2,1H3. The van der Waals surface area contributed by atoms with Crippen LogP contribution in [0.4, 0.5) is 0 Å². The highest BCUT2D eigenvalue weighted by atomic mass is 35.5. The van der Waals surface area contributed by atoms with E-state index in [-0.39, 0.29) is 12.0 Å². The van der Waals surface area contributed by atoms with E-state index in [0.29, 0.717) is 10.8 Å². The molecule has 2 N–H and O–H groups in total. The first-order chi connectivity index (χ1) is 8.22. The second-order valence-electron chi connectivity index (χ2n) is 4.57. The zero-order valence-corrected chi connectivity index (χ0v) is 10.8. The molecule has 4 heteroatoms. The number of aliphatic hydroxyl groups excluding tert-OH is 1. The van der Waals surface area contributed by atoms with Gasteiger partial charge in [0.25, 0.3) is 0 Å². The van der Waals surface area contributed by atoms with Crippen molar-refractivity contribution in [3.8, 4) is 5.75 Å². The quantitative estimate of drug-likeness (QED) is 0.868. The number of aliphatic hydroxyl groups is 1. The van der Waals surface area contributed by atoms with Gasteiger partial charge in [0, 0.05) is 12.0 Å². The van der Waals surface area contributed by atoms with E-state index < -0.39 is 0 Å². The molecule has 3 nitrogen and oxygen atoms in total. The van der Waals surface area contributed by atoms with E-state index in [0.717, 1.165) is 31.5 Å². The number of nitrogens with one attached hydrogen (secondary N) is 1. The van der Waals surface area contributed by atoms with Crippen LogP contribution in [-0.2, 0) is 5.41 Å². The molecule has 0 aromatic heterocycles. The highest BCUT2D eigenvalue weighted by molar-refractivity contribution is 6.32. The first kappa shape index (κ1) is 12.7.